The minimum absolute atomic E-state index is 0.0197. The van der Waals surface area contributed by atoms with Crippen LogP contribution in [0.5, 0.6) is 0 Å². The zero-order valence-corrected chi connectivity index (χ0v) is 9.73. The summed E-state index contributed by atoms with van der Waals surface area (Å²) in [5.74, 6) is -0.0197. The highest BCUT2D eigenvalue weighted by Gasteiger charge is 2.12. The number of anilines is 1. The predicted molar refractivity (Wildman–Crippen MR) is 64.1 cm³/mol. The molecule has 0 atom stereocenters. The van der Waals surface area contributed by atoms with Crippen LogP contribution in [0.2, 0.25) is 0 Å². The van der Waals surface area contributed by atoms with Gasteiger partial charge >= 0.3 is 0 Å². The normalized spacial score (nSPS) is 9.94. The summed E-state index contributed by atoms with van der Waals surface area (Å²) < 4.78 is 0. The molecule has 5 nitrogen and oxygen atoms in total. The molecule has 0 aromatic carbocycles. The first-order valence-corrected chi connectivity index (χ1v) is 5.32. The Morgan fingerprint density at radius 2 is 2.38 bits per heavy atom. The van der Waals surface area contributed by atoms with Crippen LogP contribution in [0, 0.1) is 0 Å². The number of nitrogens with zero attached hydrogens (tertiary/aromatic N) is 2. The van der Waals surface area contributed by atoms with Gasteiger partial charge in [0, 0.05) is 26.3 Å². The van der Waals surface area contributed by atoms with E-state index in [2.05, 4.69) is 10.3 Å². The monoisotopic (exact) mass is 222 g/mol. The molecule has 88 valence electrons. The maximum atomic E-state index is 11.3. The van der Waals surface area contributed by atoms with Crippen LogP contribution < -0.4 is 16.0 Å². The zero-order chi connectivity index (χ0) is 12.0. The van der Waals surface area contributed by atoms with Gasteiger partial charge in [-0.1, -0.05) is 0 Å². The number of rotatable bonds is 5. The first kappa shape index (κ1) is 12.4. The van der Waals surface area contributed by atoms with Crippen molar-refractivity contribution >= 4 is 11.6 Å². The second-order valence-corrected chi connectivity index (χ2v) is 3.36. The molecule has 0 saturated heterocycles. The van der Waals surface area contributed by atoms with Gasteiger partial charge in [-0.3, -0.25) is 9.78 Å². The Morgan fingerprint density at radius 3 is 2.94 bits per heavy atom. The molecule has 1 aromatic rings. The summed E-state index contributed by atoms with van der Waals surface area (Å²) in [5.41, 5.74) is 7.36. The molecule has 0 aliphatic rings. The second-order valence-electron chi connectivity index (χ2n) is 3.36. The summed E-state index contributed by atoms with van der Waals surface area (Å²) >= 11 is 0. The molecule has 1 rings (SSSR count). The Bertz CT molecular complexity index is 354. The van der Waals surface area contributed by atoms with Crippen molar-refractivity contribution in [2.75, 3.05) is 25.0 Å². The molecule has 1 amide bonds. The van der Waals surface area contributed by atoms with E-state index in [4.69, 9.17) is 5.73 Å². The fraction of sp³-hybridized carbons (Fsp3) is 0.455. The van der Waals surface area contributed by atoms with E-state index >= 15 is 0 Å². The van der Waals surface area contributed by atoms with Gasteiger partial charge in [-0.05, 0) is 19.1 Å². The molecule has 1 aromatic heterocycles. The van der Waals surface area contributed by atoms with Crippen molar-refractivity contribution in [3.8, 4) is 0 Å². The standard InChI is InChI=1S/C11H18N4O/c1-3-15(8-11(16)13-2)10-5-4-6-14-9(10)7-12/h4-6H,3,7-8,12H2,1-2H3,(H,13,16). The van der Waals surface area contributed by atoms with E-state index < -0.39 is 0 Å². The highest BCUT2D eigenvalue weighted by Crippen LogP contribution is 2.17. The molecule has 0 bridgehead atoms. The molecule has 0 fully saturated rings. The Labute approximate surface area is 95.7 Å². The molecular weight excluding hydrogens is 204 g/mol. The largest absolute Gasteiger partial charge is 0.361 e. The van der Waals surface area contributed by atoms with E-state index in [1.54, 1.807) is 13.2 Å². The van der Waals surface area contributed by atoms with Gasteiger partial charge in [0.25, 0.3) is 0 Å². The molecule has 0 radical (unpaired) electrons. The molecule has 0 unspecified atom stereocenters. The van der Waals surface area contributed by atoms with Crippen LogP contribution in [0.15, 0.2) is 18.3 Å². The Morgan fingerprint density at radius 1 is 1.62 bits per heavy atom. The zero-order valence-electron chi connectivity index (χ0n) is 9.73. The molecule has 0 spiro atoms. The van der Waals surface area contributed by atoms with Crippen LogP contribution in [-0.4, -0.2) is 31.0 Å². The lowest BCUT2D eigenvalue weighted by Gasteiger charge is -2.23. The minimum atomic E-state index is -0.0197. The van der Waals surface area contributed by atoms with Gasteiger partial charge in [0.05, 0.1) is 17.9 Å². The maximum Gasteiger partial charge on any atom is 0.239 e. The van der Waals surface area contributed by atoms with Crippen LogP contribution in [0.3, 0.4) is 0 Å². The molecule has 16 heavy (non-hydrogen) atoms. The van der Waals surface area contributed by atoms with Gasteiger partial charge in [-0.15, -0.1) is 0 Å². The third-order valence-corrected chi connectivity index (χ3v) is 2.40. The van der Waals surface area contributed by atoms with Crippen molar-refractivity contribution in [3.05, 3.63) is 24.0 Å². The number of nitrogens with two attached hydrogens (primary N) is 1. The SMILES string of the molecule is CCN(CC(=O)NC)c1cccnc1CN. The first-order chi connectivity index (χ1) is 7.72. The fourth-order valence-electron chi connectivity index (χ4n) is 1.49. The molecule has 3 N–H and O–H groups in total. The quantitative estimate of drug-likeness (QED) is 0.742. The number of carbonyl (C=O) groups is 1. The topological polar surface area (TPSA) is 71.2 Å². The van der Waals surface area contributed by atoms with Gasteiger partial charge in [0.2, 0.25) is 5.91 Å². The average Bonchev–Trinajstić information content (AvgIpc) is 2.35. The number of nitrogens with one attached hydrogen (secondary N) is 1. The second kappa shape index (κ2) is 6.07. The van der Waals surface area contributed by atoms with Gasteiger partial charge < -0.3 is 16.0 Å². The van der Waals surface area contributed by atoms with Gasteiger partial charge in [0.15, 0.2) is 0 Å². The molecule has 1 heterocycles. The van der Waals surface area contributed by atoms with E-state index in [0.29, 0.717) is 13.1 Å². The van der Waals surface area contributed by atoms with Crippen molar-refractivity contribution in [1.82, 2.24) is 10.3 Å². The van der Waals surface area contributed by atoms with E-state index in [0.717, 1.165) is 17.9 Å². The summed E-state index contributed by atoms with van der Waals surface area (Å²) in [6.45, 7) is 3.44. The van der Waals surface area contributed by atoms with E-state index in [-0.39, 0.29) is 5.91 Å². The number of carbonyl (C=O) groups excluding carboxylic acids is 1. The Balaban J connectivity index is 2.89. The van der Waals surface area contributed by atoms with Crippen LogP contribution >= 0.6 is 0 Å². The smallest absolute Gasteiger partial charge is 0.239 e. The van der Waals surface area contributed by atoms with Crippen LogP contribution in [-0.2, 0) is 11.3 Å². The number of likely N-dealkylation sites (N-methyl/N-ethyl adjacent to an activating group) is 2. The number of hydrogen-bond donors (Lipinski definition) is 2. The van der Waals surface area contributed by atoms with E-state index in [1.165, 1.54) is 0 Å². The molecular formula is C11H18N4O. The van der Waals surface area contributed by atoms with Crippen molar-refractivity contribution in [1.29, 1.82) is 0 Å². The third kappa shape index (κ3) is 2.93. The lowest BCUT2D eigenvalue weighted by molar-refractivity contribution is -0.119. The fourth-order valence-corrected chi connectivity index (χ4v) is 1.49. The first-order valence-electron chi connectivity index (χ1n) is 5.32. The number of hydrogen-bond acceptors (Lipinski definition) is 4. The Kier molecular flexibility index (Phi) is 4.72. The van der Waals surface area contributed by atoms with Crippen molar-refractivity contribution in [3.63, 3.8) is 0 Å². The Hall–Kier alpha value is -1.62. The van der Waals surface area contributed by atoms with Crippen molar-refractivity contribution in [2.24, 2.45) is 5.73 Å². The number of aromatic nitrogens is 1. The van der Waals surface area contributed by atoms with E-state index in [1.807, 2.05) is 24.0 Å². The third-order valence-electron chi connectivity index (χ3n) is 2.40. The number of amides is 1. The van der Waals surface area contributed by atoms with Crippen molar-refractivity contribution in [2.45, 2.75) is 13.5 Å². The summed E-state index contributed by atoms with van der Waals surface area (Å²) in [7, 11) is 1.63. The number of pyridine rings is 1. The lowest BCUT2D eigenvalue weighted by Crippen LogP contribution is -2.36. The van der Waals surface area contributed by atoms with Gasteiger partial charge in [-0.25, -0.2) is 0 Å². The minimum Gasteiger partial charge on any atom is -0.361 e. The van der Waals surface area contributed by atoms with E-state index in [9.17, 15) is 4.79 Å². The molecule has 0 saturated carbocycles. The van der Waals surface area contributed by atoms with Crippen LogP contribution in [0.25, 0.3) is 0 Å². The predicted octanol–water partition coefficient (Wildman–Crippen LogP) is 0.113. The summed E-state index contributed by atoms with van der Waals surface area (Å²) in [6, 6.07) is 3.78. The van der Waals surface area contributed by atoms with Crippen LogP contribution in [0.4, 0.5) is 5.69 Å². The van der Waals surface area contributed by atoms with Crippen LogP contribution in [0.1, 0.15) is 12.6 Å². The molecule has 0 aliphatic carbocycles. The van der Waals surface area contributed by atoms with Gasteiger partial charge in [0.1, 0.15) is 0 Å². The molecule has 0 aliphatic heterocycles. The lowest BCUT2D eigenvalue weighted by atomic mass is 10.2. The highest BCUT2D eigenvalue weighted by molar-refractivity contribution is 5.81. The average molecular weight is 222 g/mol. The van der Waals surface area contributed by atoms with Gasteiger partial charge in [-0.2, -0.15) is 0 Å². The summed E-state index contributed by atoms with van der Waals surface area (Å²) in [5, 5.41) is 2.60. The van der Waals surface area contributed by atoms with Crippen molar-refractivity contribution < 1.29 is 4.79 Å². The highest BCUT2D eigenvalue weighted by atomic mass is 16.1. The summed E-state index contributed by atoms with van der Waals surface area (Å²) in [6.07, 6.45) is 1.71. The summed E-state index contributed by atoms with van der Waals surface area (Å²) in [4.78, 5) is 17.5. The maximum absolute atomic E-state index is 11.3. The molecule has 5 heteroatoms.